The first kappa shape index (κ1) is 15.8. The van der Waals surface area contributed by atoms with Gasteiger partial charge in [0.05, 0.1) is 16.9 Å². The summed E-state index contributed by atoms with van der Waals surface area (Å²) in [6.07, 6.45) is 9.04. The Kier molecular flexibility index (Phi) is 3.18. The van der Waals surface area contributed by atoms with Gasteiger partial charge < -0.3 is 21.1 Å². The molecule has 140 valence electrons. The van der Waals surface area contributed by atoms with E-state index in [9.17, 15) is 5.11 Å². The van der Waals surface area contributed by atoms with Crippen LogP contribution in [0.1, 0.15) is 32.1 Å². The summed E-state index contributed by atoms with van der Waals surface area (Å²) < 4.78 is 0. The fourth-order valence-electron chi connectivity index (χ4n) is 6.05. The predicted molar refractivity (Wildman–Crippen MR) is 105 cm³/mol. The zero-order valence-electron chi connectivity index (χ0n) is 14.9. The molecule has 7 nitrogen and oxygen atoms in total. The standard InChI is InChI=1S/C19H22N6OS/c20-18-25-24-17(27-18)13-8-22-16-12(1-2-21-16)15(13)23-14-10-3-9-4-11(14)7-19(26,5-9)6-10/h1-2,8-11,14,26H,3-7H2,(H2,20,25)(H2,21,22,23)/t9?,10?,11?,14-,19-. The number of aromatic amines is 1. The number of nitrogens with zero attached hydrogens (tertiary/aromatic N) is 3. The molecule has 4 aliphatic rings. The molecule has 4 bridgehead atoms. The van der Waals surface area contributed by atoms with E-state index in [4.69, 9.17) is 5.73 Å². The van der Waals surface area contributed by atoms with Gasteiger partial charge in [-0.1, -0.05) is 11.3 Å². The highest BCUT2D eigenvalue weighted by Gasteiger charge is 2.54. The molecule has 27 heavy (non-hydrogen) atoms. The van der Waals surface area contributed by atoms with Crippen molar-refractivity contribution in [1.29, 1.82) is 0 Å². The Morgan fingerprint density at radius 3 is 2.74 bits per heavy atom. The smallest absolute Gasteiger partial charge is 0.203 e. The van der Waals surface area contributed by atoms with Gasteiger partial charge in [-0.2, -0.15) is 0 Å². The summed E-state index contributed by atoms with van der Waals surface area (Å²) >= 11 is 1.38. The quantitative estimate of drug-likeness (QED) is 0.554. The second kappa shape index (κ2) is 5.42. The van der Waals surface area contributed by atoms with Crippen molar-refractivity contribution < 1.29 is 5.11 Å². The van der Waals surface area contributed by atoms with Crippen molar-refractivity contribution in [2.45, 2.75) is 43.7 Å². The monoisotopic (exact) mass is 382 g/mol. The van der Waals surface area contributed by atoms with Crippen LogP contribution in [0, 0.1) is 17.8 Å². The van der Waals surface area contributed by atoms with Crippen LogP contribution >= 0.6 is 11.3 Å². The van der Waals surface area contributed by atoms with Crippen LogP contribution < -0.4 is 11.1 Å². The first-order valence-corrected chi connectivity index (χ1v) is 10.4. The van der Waals surface area contributed by atoms with E-state index in [-0.39, 0.29) is 0 Å². The lowest BCUT2D eigenvalue weighted by Gasteiger charge is -2.58. The zero-order valence-corrected chi connectivity index (χ0v) is 15.7. The molecule has 0 amide bonds. The molecule has 7 rings (SSSR count). The highest BCUT2D eigenvalue weighted by atomic mass is 32.1. The van der Waals surface area contributed by atoms with E-state index < -0.39 is 5.60 Å². The molecule has 2 unspecified atom stereocenters. The number of aromatic nitrogens is 4. The lowest BCUT2D eigenvalue weighted by atomic mass is 9.52. The summed E-state index contributed by atoms with van der Waals surface area (Å²) in [7, 11) is 0. The van der Waals surface area contributed by atoms with Crippen molar-refractivity contribution >= 4 is 33.2 Å². The number of hydrogen-bond donors (Lipinski definition) is 4. The van der Waals surface area contributed by atoms with Crippen molar-refractivity contribution in [3.8, 4) is 10.6 Å². The average molecular weight is 382 g/mol. The Labute approximate surface area is 160 Å². The zero-order chi connectivity index (χ0) is 18.2. The maximum atomic E-state index is 10.9. The summed E-state index contributed by atoms with van der Waals surface area (Å²) in [6, 6.07) is 2.44. The maximum absolute atomic E-state index is 10.9. The molecule has 0 aliphatic heterocycles. The second-order valence-corrected chi connectivity index (χ2v) is 9.61. The van der Waals surface area contributed by atoms with E-state index in [0.29, 0.717) is 28.9 Å². The number of pyridine rings is 1. The van der Waals surface area contributed by atoms with Crippen LogP contribution in [0.15, 0.2) is 18.5 Å². The Bertz CT molecular complexity index is 1010. The van der Waals surface area contributed by atoms with Gasteiger partial charge in [0.1, 0.15) is 5.65 Å². The van der Waals surface area contributed by atoms with Gasteiger partial charge in [0, 0.05) is 23.8 Å². The van der Waals surface area contributed by atoms with Gasteiger partial charge in [-0.25, -0.2) is 4.98 Å². The van der Waals surface area contributed by atoms with E-state index >= 15 is 0 Å². The van der Waals surface area contributed by atoms with E-state index in [0.717, 1.165) is 46.6 Å². The molecule has 8 heteroatoms. The number of nitrogen functional groups attached to an aromatic ring is 1. The fourth-order valence-corrected chi connectivity index (χ4v) is 6.68. The Hall–Kier alpha value is -2.19. The summed E-state index contributed by atoms with van der Waals surface area (Å²) in [5, 5.41) is 25.3. The summed E-state index contributed by atoms with van der Waals surface area (Å²) in [6.45, 7) is 0. The molecule has 0 saturated heterocycles. The lowest BCUT2D eigenvalue weighted by Crippen LogP contribution is -2.59. The molecule has 0 radical (unpaired) electrons. The molecule has 4 saturated carbocycles. The van der Waals surface area contributed by atoms with E-state index in [1.807, 2.05) is 12.4 Å². The number of aliphatic hydroxyl groups is 1. The Morgan fingerprint density at radius 2 is 2.04 bits per heavy atom. The van der Waals surface area contributed by atoms with Crippen LogP contribution in [0.5, 0.6) is 0 Å². The van der Waals surface area contributed by atoms with Crippen molar-refractivity contribution in [3.63, 3.8) is 0 Å². The second-order valence-electron chi connectivity index (χ2n) is 8.60. The number of nitrogens with one attached hydrogen (secondary N) is 2. The Balaban J connectivity index is 1.43. The third-order valence-corrected chi connectivity index (χ3v) is 7.60. The van der Waals surface area contributed by atoms with Gasteiger partial charge in [-0.15, -0.1) is 10.2 Å². The van der Waals surface area contributed by atoms with Crippen LogP contribution in [0.2, 0.25) is 0 Å². The first-order chi connectivity index (χ1) is 13.1. The third kappa shape index (κ3) is 2.39. The van der Waals surface area contributed by atoms with Gasteiger partial charge in [0.25, 0.3) is 0 Å². The number of hydrogen-bond acceptors (Lipinski definition) is 7. The van der Waals surface area contributed by atoms with Crippen molar-refractivity contribution in [2.75, 3.05) is 11.1 Å². The Morgan fingerprint density at radius 1 is 1.22 bits per heavy atom. The minimum absolute atomic E-state index is 0.381. The normalized spacial score (nSPS) is 34.4. The number of anilines is 2. The minimum Gasteiger partial charge on any atom is -0.390 e. The van der Waals surface area contributed by atoms with E-state index in [1.54, 1.807) is 0 Å². The van der Waals surface area contributed by atoms with Crippen molar-refractivity contribution in [1.82, 2.24) is 20.2 Å². The number of nitrogens with two attached hydrogens (primary N) is 1. The molecule has 5 N–H and O–H groups in total. The lowest BCUT2D eigenvalue weighted by molar-refractivity contribution is -0.129. The van der Waals surface area contributed by atoms with Crippen LogP contribution in [-0.4, -0.2) is 36.9 Å². The summed E-state index contributed by atoms with van der Waals surface area (Å²) in [4.78, 5) is 7.75. The van der Waals surface area contributed by atoms with Crippen LogP contribution in [0.4, 0.5) is 10.8 Å². The molecular formula is C19H22N6OS. The average Bonchev–Trinajstić information content (AvgIpc) is 3.25. The van der Waals surface area contributed by atoms with E-state index in [2.05, 4.69) is 31.5 Å². The van der Waals surface area contributed by atoms with Gasteiger partial charge in [-0.3, -0.25) is 0 Å². The number of rotatable bonds is 3. The molecule has 0 aromatic carbocycles. The largest absolute Gasteiger partial charge is 0.390 e. The predicted octanol–water partition coefficient (Wildman–Crippen LogP) is 3.02. The van der Waals surface area contributed by atoms with Gasteiger partial charge in [0.2, 0.25) is 5.13 Å². The van der Waals surface area contributed by atoms with Crippen molar-refractivity contribution in [2.24, 2.45) is 17.8 Å². The molecule has 4 fully saturated rings. The molecule has 3 heterocycles. The summed E-state index contributed by atoms with van der Waals surface area (Å²) in [5.41, 5.74) is 8.27. The number of fused-ring (bicyclic) bond motifs is 1. The molecule has 0 spiro atoms. The highest BCUT2D eigenvalue weighted by molar-refractivity contribution is 7.18. The van der Waals surface area contributed by atoms with Gasteiger partial charge in [-0.05, 0) is 55.9 Å². The van der Waals surface area contributed by atoms with Crippen LogP contribution in [0.3, 0.4) is 0 Å². The molecule has 3 aromatic rings. The van der Waals surface area contributed by atoms with E-state index in [1.165, 1.54) is 24.2 Å². The highest BCUT2D eigenvalue weighted by Crippen LogP contribution is 2.56. The third-order valence-electron chi connectivity index (χ3n) is 6.81. The van der Waals surface area contributed by atoms with Gasteiger partial charge in [0.15, 0.2) is 5.01 Å². The first-order valence-electron chi connectivity index (χ1n) is 9.62. The topological polar surface area (TPSA) is 113 Å². The molecule has 3 aromatic heterocycles. The number of H-pyrrole nitrogens is 1. The van der Waals surface area contributed by atoms with Crippen molar-refractivity contribution in [3.05, 3.63) is 18.5 Å². The molecule has 4 aliphatic carbocycles. The minimum atomic E-state index is -0.424. The van der Waals surface area contributed by atoms with Crippen LogP contribution in [-0.2, 0) is 0 Å². The van der Waals surface area contributed by atoms with Gasteiger partial charge >= 0.3 is 0 Å². The summed E-state index contributed by atoms with van der Waals surface area (Å²) in [5.74, 6) is 1.74. The fraction of sp³-hybridized carbons (Fsp3) is 0.526. The molecular weight excluding hydrogens is 360 g/mol. The molecule has 2 atom stereocenters. The maximum Gasteiger partial charge on any atom is 0.203 e. The van der Waals surface area contributed by atoms with Crippen LogP contribution in [0.25, 0.3) is 21.6 Å². The SMILES string of the molecule is Nc1nnc(-c2cnc3[nH]ccc3c2N[C@H]2C3CC4CC2C[C@](O)(C4)C3)s1.